The van der Waals surface area contributed by atoms with Gasteiger partial charge in [0.15, 0.2) is 0 Å². The van der Waals surface area contributed by atoms with E-state index in [4.69, 9.17) is 9.90 Å². The van der Waals surface area contributed by atoms with E-state index in [9.17, 15) is 35.5 Å². The van der Waals surface area contributed by atoms with Crippen LogP contribution in [0.3, 0.4) is 0 Å². The third kappa shape index (κ3) is 6.02. The zero-order valence-corrected chi connectivity index (χ0v) is 17.0. The highest BCUT2D eigenvalue weighted by Gasteiger charge is 2.38. The molecule has 13 heteroatoms. The molecule has 1 amide bonds. The molecule has 1 fully saturated rings. The van der Waals surface area contributed by atoms with Crippen molar-refractivity contribution >= 4 is 22.9 Å². The summed E-state index contributed by atoms with van der Waals surface area (Å²) in [7, 11) is 0. The summed E-state index contributed by atoms with van der Waals surface area (Å²) in [6.07, 6.45) is -4.91. The first-order valence-electron chi connectivity index (χ1n) is 9.68. The van der Waals surface area contributed by atoms with Crippen LogP contribution in [-0.2, 0) is 22.3 Å². The summed E-state index contributed by atoms with van der Waals surface area (Å²) in [5.41, 5.74) is -0.164. The van der Waals surface area contributed by atoms with Crippen molar-refractivity contribution in [2.45, 2.75) is 37.8 Å². The van der Waals surface area contributed by atoms with Gasteiger partial charge in [-0.3, -0.25) is 9.78 Å². The van der Waals surface area contributed by atoms with Gasteiger partial charge in [-0.2, -0.15) is 26.3 Å². The number of halogens is 7. The molecular formula is C21H16F7N3O3. The summed E-state index contributed by atoms with van der Waals surface area (Å²) in [6.45, 7) is 0.0657. The maximum atomic E-state index is 14.4. The van der Waals surface area contributed by atoms with E-state index >= 15 is 0 Å². The molecule has 0 saturated heterocycles. The largest absolute Gasteiger partial charge is 0.490 e. The number of carbonyl (C=O) groups excluding carboxylic acids is 1. The van der Waals surface area contributed by atoms with Crippen molar-refractivity contribution in [1.82, 2.24) is 14.9 Å². The van der Waals surface area contributed by atoms with Gasteiger partial charge in [-0.1, -0.05) is 12.1 Å². The Bertz CT molecular complexity index is 1210. The average Bonchev–Trinajstić information content (AvgIpc) is 3.45. The van der Waals surface area contributed by atoms with Crippen LogP contribution in [0.5, 0.6) is 0 Å². The fraction of sp³-hybridized carbons (Fsp3) is 0.286. The molecule has 0 unspecified atom stereocenters. The van der Waals surface area contributed by atoms with Gasteiger partial charge in [-0.05, 0) is 31.0 Å². The number of nitrogens with one attached hydrogen (secondary N) is 1. The molecule has 6 nitrogen and oxygen atoms in total. The van der Waals surface area contributed by atoms with Crippen LogP contribution in [0.1, 0.15) is 18.4 Å². The number of alkyl halides is 6. The van der Waals surface area contributed by atoms with Gasteiger partial charge >= 0.3 is 18.3 Å². The summed E-state index contributed by atoms with van der Waals surface area (Å²) in [4.78, 5) is 25.1. The smallest absolute Gasteiger partial charge is 0.475 e. The van der Waals surface area contributed by atoms with E-state index in [-0.39, 0.29) is 29.6 Å². The van der Waals surface area contributed by atoms with Crippen molar-refractivity contribution < 1.29 is 45.4 Å². The SMILES string of the molecule is O=C(Cn1ccc2ncc(-c3cccc(C(F)(F)F)c3F)cc21)NC1CC1.O=C(O)C(F)(F)F. The summed E-state index contributed by atoms with van der Waals surface area (Å²) < 4.78 is 86.7. The summed E-state index contributed by atoms with van der Waals surface area (Å²) in [5.74, 6) is -4.24. The van der Waals surface area contributed by atoms with Gasteiger partial charge in [-0.15, -0.1) is 0 Å². The minimum absolute atomic E-state index is 0.0657. The van der Waals surface area contributed by atoms with Gasteiger partial charge in [0.05, 0.1) is 16.6 Å². The maximum Gasteiger partial charge on any atom is 0.490 e. The molecule has 0 spiro atoms. The molecule has 0 aliphatic heterocycles. The molecule has 1 aliphatic rings. The molecule has 182 valence electrons. The van der Waals surface area contributed by atoms with Crippen LogP contribution in [0.4, 0.5) is 30.7 Å². The van der Waals surface area contributed by atoms with Crippen LogP contribution in [0, 0.1) is 5.82 Å². The number of amides is 1. The number of aliphatic carboxylic acids is 1. The van der Waals surface area contributed by atoms with Gasteiger partial charge in [0.1, 0.15) is 12.4 Å². The molecule has 2 aromatic heterocycles. The Balaban J connectivity index is 0.000000406. The third-order valence-corrected chi connectivity index (χ3v) is 4.73. The van der Waals surface area contributed by atoms with Crippen LogP contribution in [-0.4, -0.2) is 38.8 Å². The zero-order valence-electron chi connectivity index (χ0n) is 17.0. The molecule has 4 rings (SSSR count). The summed E-state index contributed by atoms with van der Waals surface area (Å²) in [5, 5.41) is 10.00. The van der Waals surface area contributed by atoms with Gasteiger partial charge in [0.2, 0.25) is 5.91 Å². The quantitative estimate of drug-likeness (QED) is 0.515. The molecule has 0 bridgehead atoms. The van der Waals surface area contributed by atoms with Crippen LogP contribution in [0.25, 0.3) is 22.2 Å². The zero-order chi connectivity index (χ0) is 25.3. The van der Waals surface area contributed by atoms with E-state index in [1.807, 2.05) is 0 Å². The Morgan fingerprint density at radius 2 is 1.76 bits per heavy atom. The fourth-order valence-corrected chi connectivity index (χ4v) is 2.98. The summed E-state index contributed by atoms with van der Waals surface area (Å²) in [6, 6.07) is 6.62. The minimum atomic E-state index is -5.08. The highest BCUT2D eigenvalue weighted by atomic mass is 19.4. The van der Waals surface area contributed by atoms with Crippen LogP contribution in [0.2, 0.25) is 0 Å². The second-order valence-electron chi connectivity index (χ2n) is 7.38. The highest BCUT2D eigenvalue weighted by Crippen LogP contribution is 2.36. The van der Waals surface area contributed by atoms with Crippen molar-refractivity contribution in [3.8, 4) is 11.1 Å². The lowest BCUT2D eigenvalue weighted by Gasteiger charge is -2.12. The maximum absolute atomic E-state index is 14.4. The van der Waals surface area contributed by atoms with E-state index < -0.39 is 29.7 Å². The lowest BCUT2D eigenvalue weighted by molar-refractivity contribution is -0.192. The fourth-order valence-electron chi connectivity index (χ4n) is 2.98. The first-order chi connectivity index (χ1) is 15.8. The minimum Gasteiger partial charge on any atom is -0.475 e. The van der Waals surface area contributed by atoms with Crippen LogP contribution in [0.15, 0.2) is 42.7 Å². The topological polar surface area (TPSA) is 84.2 Å². The van der Waals surface area contributed by atoms with Crippen molar-refractivity contribution in [1.29, 1.82) is 0 Å². The Hall–Kier alpha value is -3.64. The number of pyridine rings is 1. The first kappa shape index (κ1) is 25.0. The van der Waals surface area contributed by atoms with Gasteiger partial charge in [-0.25, -0.2) is 9.18 Å². The van der Waals surface area contributed by atoms with E-state index in [1.54, 1.807) is 22.9 Å². The third-order valence-electron chi connectivity index (χ3n) is 4.73. The van der Waals surface area contributed by atoms with E-state index in [1.165, 1.54) is 12.3 Å². The Morgan fingerprint density at radius 3 is 2.32 bits per heavy atom. The van der Waals surface area contributed by atoms with Crippen molar-refractivity contribution in [3.63, 3.8) is 0 Å². The van der Waals surface area contributed by atoms with E-state index in [0.29, 0.717) is 17.1 Å². The predicted molar refractivity (Wildman–Crippen MR) is 105 cm³/mol. The van der Waals surface area contributed by atoms with Crippen molar-refractivity contribution in [2.24, 2.45) is 0 Å². The van der Waals surface area contributed by atoms with Crippen molar-refractivity contribution in [3.05, 3.63) is 54.1 Å². The van der Waals surface area contributed by atoms with Crippen LogP contribution >= 0.6 is 0 Å². The predicted octanol–water partition coefficient (Wildman–Crippen LogP) is 4.77. The number of benzene rings is 1. The van der Waals surface area contributed by atoms with Crippen LogP contribution < -0.4 is 5.32 Å². The monoisotopic (exact) mass is 491 g/mol. The molecule has 1 saturated carbocycles. The number of carbonyl (C=O) groups is 2. The molecule has 1 aromatic carbocycles. The van der Waals surface area contributed by atoms with Gasteiger partial charge in [0.25, 0.3) is 0 Å². The molecule has 2 heterocycles. The number of rotatable bonds is 4. The Labute approximate surface area is 187 Å². The average molecular weight is 491 g/mol. The normalized spacial score (nSPS) is 13.9. The Kier molecular flexibility index (Phi) is 6.84. The number of hydrogen-bond acceptors (Lipinski definition) is 3. The molecule has 0 radical (unpaired) electrons. The molecule has 1 aliphatic carbocycles. The number of hydrogen-bond donors (Lipinski definition) is 2. The lowest BCUT2D eigenvalue weighted by Crippen LogP contribution is -2.29. The van der Waals surface area contributed by atoms with Crippen molar-refractivity contribution in [2.75, 3.05) is 0 Å². The standard InChI is InChI=1S/C19H15F4N3O.C2HF3O2/c20-18-13(2-1-3-14(18)19(21,22)23)11-8-16-15(24-9-11)6-7-26(16)10-17(27)25-12-4-5-12;3-2(4,5)1(6)7/h1-3,6-9,12H,4-5,10H2,(H,25,27);(H,6,7). The number of carboxylic acid groups (broad SMARTS) is 1. The number of aromatic nitrogens is 2. The number of carboxylic acids is 1. The van der Waals surface area contributed by atoms with E-state index in [0.717, 1.165) is 18.9 Å². The second-order valence-corrected chi connectivity index (χ2v) is 7.38. The van der Waals surface area contributed by atoms with Gasteiger partial charge < -0.3 is 15.0 Å². The second kappa shape index (κ2) is 9.31. The van der Waals surface area contributed by atoms with E-state index in [2.05, 4.69) is 10.3 Å². The Morgan fingerprint density at radius 1 is 1.12 bits per heavy atom. The van der Waals surface area contributed by atoms with Gasteiger partial charge in [0, 0.05) is 29.6 Å². The lowest BCUT2D eigenvalue weighted by atomic mass is 10.0. The molecular weight excluding hydrogens is 475 g/mol. The molecule has 3 aromatic rings. The number of nitrogens with zero attached hydrogens (tertiary/aromatic N) is 2. The molecule has 2 N–H and O–H groups in total. The number of fused-ring (bicyclic) bond motifs is 1. The molecule has 0 atom stereocenters. The first-order valence-corrected chi connectivity index (χ1v) is 9.68. The summed E-state index contributed by atoms with van der Waals surface area (Å²) >= 11 is 0. The highest BCUT2D eigenvalue weighted by molar-refractivity contribution is 5.84. The molecule has 34 heavy (non-hydrogen) atoms.